The lowest BCUT2D eigenvalue weighted by Crippen LogP contribution is -2.37. The molecule has 2 unspecified atom stereocenters. The molecule has 0 amide bonds. The summed E-state index contributed by atoms with van der Waals surface area (Å²) in [7, 11) is 2.06. The minimum Gasteiger partial charge on any atom is -0.316 e. The zero-order valence-corrected chi connectivity index (χ0v) is 9.37. The first-order valence-corrected chi connectivity index (χ1v) is 5.72. The van der Waals surface area contributed by atoms with Gasteiger partial charge in [-0.25, -0.2) is 0 Å². The Morgan fingerprint density at radius 1 is 1.53 bits per heavy atom. The van der Waals surface area contributed by atoms with E-state index in [-0.39, 0.29) is 0 Å². The molecule has 0 aliphatic heterocycles. The van der Waals surface area contributed by atoms with Gasteiger partial charge >= 0.3 is 0 Å². The van der Waals surface area contributed by atoms with Crippen LogP contribution in [-0.2, 0) is 6.42 Å². The Balaban J connectivity index is 2.04. The van der Waals surface area contributed by atoms with Gasteiger partial charge in [0.2, 0.25) is 0 Å². The van der Waals surface area contributed by atoms with Crippen LogP contribution in [0.15, 0.2) is 36.9 Å². The van der Waals surface area contributed by atoms with Crippen molar-refractivity contribution in [2.24, 2.45) is 0 Å². The van der Waals surface area contributed by atoms with Crippen LogP contribution in [0.3, 0.4) is 0 Å². The molecule has 15 heavy (non-hydrogen) atoms. The van der Waals surface area contributed by atoms with Crippen molar-refractivity contribution in [2.75, 3.05) is 7.05 Å². The van der Waals surface area contributed by atoms with Gasteiger partial charge in [-0.05, 0) is 37.4 Å². The Morgan fingerprint density at radius 2 is 2.33 bits per heavy atom. The molecule has 0 bridgehead atoms. The summed E-state index contributed by atoms with van der Waals surface area (Å²) >= 11 is 0. The SMILES string of the molecule is C=CCCC(NC)C1Cc2ccccc21. The van der Waals surface area contributed by atoms with Crippen molar-refractivity contribution in [3.8, 4) is 0 Å². The molecule has 0 fully saturated rings. The number of likely N-dealkylation sites (N-methyl/N-ethyl adjacent to an activating group) is 1. The second-order valence-corrected chi connectivity index (χ2v) is 4.27. The highest BCUT2D eigenvalue weighted by Crippen LogP contribution is 2.38. The van der Waals surface area contributed by atoms with Crippen LogP contribution in [0.1, 0.15) is 29.9 Å². The normalized spacial score (nSPS) is 20.2. The molecule has 2 rings (SSSR count). The summed E-state index contributed by atoms with van der Waals surface area (Å²) in [4.78, 5) is 0. The number of hydrogen-bond donors (Lipinski definition) is 1. The predicted molar refractivity (Wildman–Crippen MR) is 65.2 cm³/mol. The first kappa shape index (κ1) is 10.4. The molecule has 0 spiro atoms. The van der Waals surface area contributed by atoms with Crippen LogP contribution in [-0.4, -0.2) is 13.1 Å². The zero-order chi connectivity index (χ0) is 10.7. The van der Waals surface area contributed by atoms with Gasteiger partial charge in [0.25, 0.3) is 0 Å². The Bertz CT molecular complexity index is 343. The monoisotopic (exact) mass is 201 g/mol. The fraction of sp³-hybridized carbons (Fsp3) is 0.429. The van der Waals surface area contributed by atoms with Gasteiger partial charge < -0.3 is 5.32 Å². The molecular weight excluding hydrogens is 182 g/mol. The van der Waals surface area contributed by atoms with Gasteiger partial charge in [0.1, 0.15) is 0 Å². The third-order valence-corrected chi connectivity index (χ3v) is 3.43. The number of rotatable bonds is 5. The summed E-state index contributed by atoms with van der Waals surface area (Å²) < 4.78 is 0. The fourth-order valence-corrected chi connectivity index (χ4v) is 2.50. The lowest BCUT2D eigenvalue weighted by molar-refractivity contribution is 0.405. The minimum absolute atomic E-state index is 0.609. The highest BCUT2D eigenvalue weighted by Gasteiger charge is 2.31. The molecule has 1 heteroatoms. The van der Waals surface area contributed by atoms with Crippen LogP contribution in [0.25, 0.3) is 0 Å². The quantitative estimate of drug-likeness (QED) is 0.722. The van der Waals surface area contributed by atoms with Gasteiger partial charge in [0.05, 0.1) is 0 Å². The number of allylic oxidation sites excluding steroid dienone is 1. The van der Waals surface area contributed by atoms with Crippen molar-refractivity contribution < 1.29 is 0 Å². The lowest BCUT2D eigenvalue weighted by atomic mass is 9.72. The van der Waals surface area contributed by atoms with Crippen LogP contribution in [0.4, 0.5) is 0 Å². The second kappa shape index (κ2) is 4.63. The maximum atomic E-state index is 3.79. The highest BCUT2D eigenvalue weighted by molar-refractivity contribution is 5.41. The highest BCUT2D eigenvalue weighted by atomic mass is 14.9. The number of nitrogens with one attached hydrogen (secondary N) is 1. The molecule has 1 aromatic carbocycles. The van der Waals surface area contributed by atoms with Crippen molar-refractivity contribution in [1.82, 2.24) is 5.32 Å². The first-order chi connectivity index (χ1) is 7.36. The number of hydrogen-bond acceptors (Lipinski definition) is 1. The first-order valence-electron chi connectivity index (χ1n) is 5.72. The third-order valence-electron chi connectivity index (χ3n) is 3.43. The van der Waals surface area contributed by atoms with Crippen molar-refractivity contribution in [3.63, 3.8) is 0 Å². The Kier molecular flexibility index (Phi) is 3.22. The van der Waals surface area contributed by atoms with Crippen molar-refractivity contribution in [3.05, 3.63) is 48.0 Å². The van der Waals surface area contributed by atoms with Crippen LogP contribution in [0, 0.1) is 0 Å². The zero-order valence-electron chi connectivity index (χ0n) is 9.37. The molecular formula is C14H19N. The van der Waals surface area contributed by atoms with E-state index in [0.717, 1.165) is 6.42 Å². The molecule has 0 saturated carbocycles. The van der Waals surface area contributed by atoms with Gasteiger partial charge in [-0.1, -0.05) is 30.3 Å². The van der Waals surface area contributed by atoms with E-state index in [1.54, 1.807) is 5.56 Å². The number of fused-ring (bicyclic) bond motifs is 1. The van der Waals surface area contributed by atoms with Crippen molar-refractivity contribution in [2.45, 2.75) is 31.2 Å². The summed E-state index contributed by atoms with van der Waals surface area (Å²) in [6, 6.07) is 9.39. The van der Waals surface area contributed by atoms with Crippen LogP contribution >= 0.6 is 0 Å². The van der Waals surface area contributed by atoms with E-state index in [1.807, 2.05) is 6.08 Å². The van der Waals surface area contributed by atoms with Crippen LogP contribution in [0.5, 0.6) is 0 Å². The van der Waals surface area contributed by atoms with Crippen molar-refractivity contribution in [1.29, 1.82) is 0 Å². The summed E-state index contributed by atoms with van der Waals surface area (Å²) in [5.74, 6) is 0.714. The van der Waals surface area contributed by atoms with Gasteiger partial charge in [0, 0.05) is 12.0 Å². The van der Waals surface area contributed by atoms with Crippen LogP contribution < -0.4 is 5.32 Å². The predicted octanol–water partition coefficient (Wildman–Crippen LogP) is 2.88. The van der Waals surface area contributed by atoms with E-state index >= 15 is 0 Å². The minimum atomic E-state index is 0.609. The molecule has 1 aliphatic carbocycles. The van der Waals surface area contributed by atoms with E-state index in [9.17, 15) is 0 Å². The molecule has 0 heterocycles. The van der Waals surface area contributed by atoms with E-state index in [0.29, 0.717) is 12.0 Å². The van der Waals surface area contributed by atoms with E-state index in [4.69, 9.17) is 0 Å². The Morgan fingerprint density at radius 3 is 3.00 bits per heavy atom. The summed E-state index contributed by atoms with van der Waals surface area (Å²) in [6.45, 7) is 3.79. The molecule has 0 saturated heterocycles. The van der Waals surface area contributed by atoms with Crippen LogP contribution in [0.2, 0.25) is 0 Å². The summed E-state index contributed by atoms with van der Waals surface area (Å²) in [5.41, 5.74) is 3.07. The van der Waals surface area contributed by atoms with E-state index in [2.05, 4.69) is 43.2 Å². The third kappa shape index (κ3) is 1.98. The maximum absolute atomic E-state index is 3.79. The lowest BCUT2D eigenvalue weighted by Gasteiger charge is -2.36. The maximum Gasteiger partial charge on any atom is 0.0139 e. The molecule has 80 valence electrons. The van der Waals surface area contributed by atoms with Gasteiger partial charge in [-0.15, -0.1) is 6.58 Å². The molecule has 0 radical (unpaired) electrons. The fourth-order valence-electron chi connectivity index (χ4n) is 2.50. The van der Waals surface area contributed by atoms with Crippen molar-refractivity contribution >= 4 is 0 Å². The molecule has 2 atom stereocenters. The van der Waals surface area contributed by atoms with Gasteiger partial charge in [-0.3, -0.25) is 0 Å². The summed E-state index contributed by atoms with van der Waals surface area (Å²) in [5, 5.41) is 3.43. The van der Waals surface area contributed by atoms with E-state index < -0.39 is 0 Å². The summed E-state index contributed by atoms with van der Waals surface area (Å²) in [6.07, 6.45) is 5.54. The standard InChI is InChI=1S/C14H19N/c1-3-4-9-14(15-2)13-10-11-7-5-6-8-12(11)13/h3,5-8,13-15H,1,4,9-10H2,2H3. The van der Waals surface area contributed by atoms with E-state index in [1.165, 1.54) is 18.4 Å². The molecule has 1 nitrogen and oxygen atoms in total. The Labute approximate surface area is 92.2 Å². The second-order valence-electron chi connectivity index (χ2n) is 4.27. The average Bonchev–Trinajstić information content (AvgIpc) is 2.24. The average molecular weight is 201 g/mol. The van der Waals surface area contributed by atoms with Gasteiger partial charge in [-0.2, -0.15) is 0 Å². The molecule has 1 N–H and O–H groups in total. The smallest absolute Gasteiger partial charge is 0.0139 e. The molecule has 0 aromatic heterocycles. The largest absolute Gasteiger partial charge is 0.316 e. The molecule has 1 aromatic rings. The Hall–Kier alpha value is -1.08. The van der Waals surface area contributed by atoms with Gasteiger partial charge in [0.15, 0.2) is 0 Å². The number of benzene rings is 1. The topological polar surface area (TPSA) is 12.0 Å². The molecule has 1 aliphatic rings.